The number of nitrogens with zero attached hydrogens (tertiary/aromatic N) is 6. The van der Waals surface area contributed by atoms with E-state index in [2.05, 4.69) is 21.3 Å². The van der Waals surface area contributed by atoms with Crippen LogP contribution in [0.25, 0.3) is 32.1 Å². The summed E-state index contributed by atoms with van der Waals surface area (Å²) in [6, 6.07) is 3.68. The van der Waals surface area contributed by atoms with Crippen LogP contribution in [0.1, 0.15) is 79.7 Å². The molecule has 0 aliphatic carbocycles. The molecule has 60 heavy (non-hydrogen) atoms. The lowest BCUT2D eigenvalue weighted by atomic mass is 9.94. The van der Waals surface area contributed by atoms with E-state index >= 15 is 8.78 Å². The summed E-state index contributed by atoms with van der Waals surface area (Å²) in [5, 5.41) is 13.0. The van der Waals surface area contributed by atoms with Gasteiger partial charge in [0.25, 0.3) is 0 Å². The number of rotatable bonds is 7. The zero-order valence-corrected chi connectivity index (χ0v) is 36.1. The summed E-state index contributed by atoms with van der Waals surface area (Å²) in [6.45, 7) is 14.3. The third-order valence-electron chi connectivity index (χ3n) is 11.6. The first-order valence-electron chi connectivity index (χ1n) is 20.1. The van der Waals surface area contributed by atoms with Gasteiger partial charge in [-0.1, -0.05) is 17.7 Å². The number of likely N-dealkylation sites (tertiary alicyclic amines) is 1. The van der Waals surface area contributed by atoms with Gasteiger partial charge in [-0.15, -0.1) is 11.3 Å². The summed E-state index contributed by atoms with van der Waals surface area (Å²) in [6.07, 6.45) is 0.251. The molecule has 0 saturated carbocycles. The van der Waals surface area contributed by atoms with Gasteiger partial charge in [-0.25, -0.2) is 22.8 Å². The van der Waals surface area contributed by atoms with Gasteiger partial charge in [0.2, 0.25) is 0 Å². The SMILES string of the molecule is CC([C@H]1CCN1C(=O)OC(C)(C)C)N1CCOc2c(Cl)c(-c3ccc(F)c4sc(NC(=O)OC(C)(C)C)c(C#N)c34)c(F)c3nc(OC[C@@]45CCCN4C[C@H](F)C5)nc1c23. The number of anilines is 2. The number of hydrogen-bond acceptors (Lipinski definition) is 12. The van der Waals surface area contributed by atoms with Crippen molar-refractivity contribution < 1.29 is 41.7 Å². The van der Waals surface area contributed by atoms with Gasteiger partial charge < -0.3 is 28.7 Å². The maximum Gasteiger partial charge on any atom is 0.412 e. The molecule has 0 radical (unpaired) electrons. The summed E-state index contributed by atoms with van der Waals surface area (Å²) in [5.41, 5.74) is -2.62. The van der Waals surface area contributed by atoms with E-state index in [4.69, 9.17) is 35.5 Å². The molecule has 4 aromatic rings. The maximum atomic E-state index is 17.7. The lowest BCUT2D eigenvalue weighted by Gasteiger charge is -2.47. The second-order valence-corrected chi connectivity index (χ2v) is 19.3. The van der Waals surface area contributed by atoms with E-state index in [9.17, 15) is 19.2 Å². The standard InChI is InChI=1S/C42H47ClF3N7O6S/c1-21(26-11-14-53(26)39(55)59-41(5,6)7)52-15-16-56-33-29-32(48-37(49-35(29)52)57-20-42-12-8-13-51(42)19-22(44)17-42)31(46)28(30(33)43)23-9-10-25(45)34-27(23)24(18-47)36(60-34)50-38(54)58-40(2,3)4/h9-10,21-22,26H,8,11-17,19-20H2,1-7H3,(H,50,54)/t21?,22-,26-,42+/m1/s1. The Labute approximate surface area is 354 Å². The van der Waals surface area contributed by atoms with Crippen molar-refractivity contribution in [2.45, 2.75) is 109 Å². The number of ether oxygens (including phenoxy) is 4. The molecule has 2 aromatic carbocycles. The third kappa shape index (κ3) is 7.48. The van der Waals surface area contributed by atoms with E-state index in [1.54, 1.807) is 46.4 Å². The first-order valence-corrected chi connectivity index (χ1v) is 21.3. The fourth-order valence-electron chi connectivity index (χ4n) is 8.91. The van der Waals surface area contributed by atoms with Gasteiger partial charge in [0.15, 0.2) is 11.6 Å². The van der Waals surface area contributed by atoms with Crippen LogP contribution in [0.2, 0.25) is 5.02 Å². The number of carbonyl (C=O) groups excluding carboxylic acids is 2. The third-order valence-corrected chi connectivity index (χ3v) is 13.0. The number of benzene rings is 2. The molecule has 3 saturated heterocycles. The predicted molar refractivity (Wildman–Crippen MR) is 222 cm³/mol. The number of halogens is 4. The minimum absolute atomic E-state index is 0.00363. The fraction of sp³-hybridized carbons (Fsp3) is 0.548. The molecule has 13 nitrogen and oxygen atoms in total. The number of nitriles is 1. The highest BCUT2D eigenvalue weighted by Crippen LogP contribution is 2.52. The van der Waals surface area contributed by atoms with E-state index in [0.29, 0.717) is 19.5 Å². The van der Waals surface area contributed by atoms with Gasteiger partial charge in [-0.3, -0.25) is 10.2 Å². The van der Waals surface area contributed by atoms with Crippen molar-refractivity contribution in [3.8, 4) is 29.0 Å². The average molecular weight is 870 g/mol. The molecule has 1 N–H and O–H groups in total. The first-order chi connectivity index (χ1) is 28.3. The minimum atomic E-state index is -1.01. The quantitative estimate of drug-likeness (QED) is 0.190. The maximum absolute atomic E-state index is 17.7. The van der Waals surface area contributed by atoms with Crippen molar-refractivity contribution in [2.24, 2.45) is 0 Å². The first kappa shape index (κ1) is 41.9. The van der Waals surface area contributed by atoms with E-state index in [1.807, 2.05) is 11.8 Å². The molecule has 18 heteroatoms. The summed E-state index contributed by atoms with van der Waals surface area (Å²) < 4.78 is 71.8. The van der Waals surface area contributed by atoms with Crippen molar-refractivity contribution >= 4 is 66.9 Å². The van der Waals surface area contributed by atoms with Gasteiger partial charge in [-0.05, 0) is 85.9 Å². The molecule has 320 valence electrons. The molecule has 4 aliphatic heterocycles. The van der Waals surface area contributed by atoms with Crippen LogP contribution < -0.4 is 19.7 Å². The van der Waals surface area contributed by atoms with E-state index < -0.39 is 46.7 Å². The van der Waals surface area contributed by atoms with Crippen molar-refractivity contribution in [1.29, 1.82) is 5.26 Å². The predicted octanol–water partition coefficient (Wildman–Crippen LogP) is 9.21. The molecule has 3 fully saturated rings. The zero-order chi connectivity index (χ0) is 43.1. The van der Waals surface area contributed by atoms with Crippen LogP contribution in [-0.4, -0.2) is 106 Å². The van der Waals surface area contributed by atoms with E-state index in [0.717, 1.165) is 36.8 Å². The molecule has 8 rings (SSSR count). The molecule has 4 atom stereocenters. The highest BCUT2D eigenvalue weighted by molar-refractivity contribution is 7.23. The summed E-state index contributed by atoms with van der Waals surface area (Å²) >= 11 is 7.98. The van der Waals surface area contributed by atoms with Gasteiger partial charge in [0.05, 0.1) is 38.8 Å². The number of amides is 2. The lowest BCUT2D eigenvalue weighted by Crippen LogP contribution is -2.61. The Morgan fingerprint density at radius 1 is 1.12 bits per heavy atom. The van der Waals surface area contributed by atoms with Crippen LogP contribution in [0.4, 0.5) is 33.6 Å². The fourth-order valence-corrected chi connectivity index (χ4v) is 10.3. The Balaban J connectivity index is 1.28. The van der Waals surface area contributed by atoms with Crippen LogP contribution in [-0.2, 0) is 9.47 Å². The monoisotopic (exact) mass is 869 g/mol. The van der Waals surface area contributed by atoms with Gasteiger partial charge in [0, 0.05) is 36.5 Å². The summed E-state index contributed by atoms with van der Waals surface area (Å²) in [4.78, 5) is 41.3. The van der Waals surface area contributed by atoms with Crippen LogP contribution in [0.3, 0.4) is 0 Å². The smallest absolute Gasteiger partial charge is 0.412 e. The number of nitrogens with one attached hydrogen (secondary N) is 1. The minimum Gasteiger partial charge on any atom is -0.489 e. The molecular formula is C42H47ClF3N7O6S. The summed E-state index contributed by atoms with van der Waals surface area (Å²) in [7, 11) is 0. The van der Waals surface area contributed by atoms with Gasteiger partial charge in [-0.2, -0.15) is 15.2 Å². The van der Waals surface area contributed by atoms with Crippen molar-refractivity contribution in [3.63, 3.8) is 0 Å². The second-order valence-electron chi connectivity index (χ2n) is 17.9. The number of aromatic nitrogens is 2. The van der Waals surface area contributed by atoms with Crippen molar-refractivity contribution in [1.82, 2.24) is 19.8 Å². The topological polar surface area (TPSA) is 142 Å². The number of hydrogen-bond donors (Lipinski definition) is 1. The van der Waals surface area contributed by atoms with Crippen molar-refractivity contribution in [3.05, 3.63) is 34.4 Å². The van der Waals surface area contributed by atoms with Gasteiger partial charge >= 0.3 is 18.2 Å². The Morgan fingerprint density at radius 3 is 2.55 bits per heavy atom. The largest absolute Gasteiger partial charge is 0.489 e. The number of carbonyl (C=O) groups is 2. The Morgan fingerprint density at radius 2 is 1.87 bits per heavy atom. The normalized spacial score (nSPS) is 22.2. The number of alkyl halides is 1. The lowest BCUT2D eigenvalue weighted by molar-refractivity contribution is -0.00958. The molecule has 4 aliphatic rings. The Bertz CT molecular complexity index is 2450. The molecule has 0 spiro atoms. The molecule has 0 bridgehead atoms. The zero-order valence-electron chi connectivity index (χ0n) is 34.5. The van der Waals surface area contributed by atoms with Crippen LogP contribution in [0.15, 0.2) is 12.1 Å². The Kier molecular flexibility index (Phi) is 10.7. The highest BCUT2D eigenvalue weighted by Gasteiger charge is 2.50. The average Bonchev–Trinajstić information content (AvgIpc) is 3.74. The second kappa shape index (κ2) is 15.3. The number of thiophene rings is 1. The van der Waals surface area contributed by atoms with E-state index in [-0.39, 0.29) is 104 Å². The molecule has 6 heterocycles. The highest BCUT2D eigenvalue weighted by atomic mass is 35.5. The summed E-state index contributed by atoms with van der Waals surface area (Å²) in [5.74, 6) is -1.30. The Hall–Kier alpha value is -4.79. The molecule has 2 amide bonds. The van der Waals surface area contributed by atoms with Crippen LogP contribution in [0, 0.1) is 23.0 Å². The van der Waals surface area contributed by atoms with Crippen LogP contribution >= 0.6 is 22.9 Å². The van der Waals surface area contributed by atoms with Gasteiger partial charge in [0.1, 0.15) is 58.8 Å². The van der Waals surface area contributed by atoms with Crippen LogP contribution in [0.5, 0.6) is 11.8 Å². The molecule has 2 aromatic heterocycles. The van der Waals surface area contributed by atoms with E-state index in [1.165, 1.54) is 6.07 Å². The molecular weight excluding hydrogens is 823 g/mol. The number of fused-ring (bicyclic) bond motifs is 2. The van der Waals surface area contributed by atoms with Crippen molar-refractivity contribution in [2.75, 3.05) is 49.6 Å². The molecule has 1 unspecified atom stereocenters.